The highest BCUT2D eigenvalue weighted by atomic mass is 16.5. The van der Waals surface area contributed by atoms with Crippen molar-refractivity contribution in [2.24, 2.45) is 0 Å². The summed E-state index contributed by atoms with van der Waals surface area (Å²) in [6.45, 7) is 1.82. The second-order valence-corrected chi connectivity index (χ2v) is 5.95. The molecule has 0 aliphatic heterocycles. The van der Waals surface area contributed by atoms with Crippen molar-refractivity contribution in [1.29, 1.82) is 0 Å². The van der Waals surface area contributed by atoms with Crippen LogP contribution in [0.15, 0.2) is 48.5 Å². The van der Waals surface area contributed by atoms with Crippen molar-refractivity contribution in [3.8, 4) is 5.75 Å². The van der Waals surface area contributed by atoms with Gasteiger partial charge in [0, 0.05) is 12.5 Å². The number of benzene rings is 2. The van der Waals surface area contributed by atoms with Crippen LogP contribution in [0, 0.1) is 0 Å². The molecular formula is C20H20O4. The number of ether oxygens (including phenoxy) is 2. The third-order valence-corrected chi connectivity index (χ3v) is 4.10. The molecule has 0 bridgehead atoms. The molecule has 1 unspecified atom stereocenters. The standard InChI is InChI=1S/C20H20O4/c1-14(21)24-19-9-5-8-16-12-17(10-11-18(16)20(19)22)23-13-15-6-3-2-4-7-15/h2-4,6-7,10-12,19H,5,8-9,13H2,1H3. The van der Waals surface area contributed by atoms with E-state index in [4.69, 9.17) is 9.47 Å². The van der Waals surface area contributed by atoms with Gasteiger partial charge in [0.1, 0.15) is 12.4 Å². The van der Waals surface area contributed by atoms with Gasteiger partial charge in [-0.05, 0) is 48.6 Å². The summed E-state index contributed by atoms with van der Waals surface area (Å²) in [5.41, 5.74) is 2.68. The van der Waals surface area contributed by atoms with Crippen LogP contribution in [0.3, 0.4) is 0 Å². The Bertz CT molecular complexity index is 737. The Morgan fingerprint density at radius 3 is 2.71 bits per heavy atom. The molecule has 2 aromatic rings. The van der Waals surface area contributed by atoms with Gasteiger partial charge < -0.3 is 9.47 Å². The summed E-state index contributed by atoms with van der Waals surface area (Å²) >= 11 is 0. The van der Waals surface area contributed by atoms with E-state index in [1.165, 1.54) is 6.92 Å². The van der Waals surface area contributed by atoms with Crippen LogP contribution in [0.2, 0.25) is 0 Å². The number of carbonyl (C=O) groups is 2. The Morgan fingerprint density at radius 2 is 1.96 bits per heavy atom. The van der Waals surface area contributed by atoms with E-state index in [0.29, 0.717) is 18.6 Å². The molecule has 0 radical (unpaired) electrons. The van der Waals surface area contributed by atoms with Crippen molar-refractivity contribution < 1.29 is 19.1 Å². The molecule has 0 heterocycles. The lowest BCUT2D eigenvalue weighted by atomic mass is 10.0. The van der Waals surface area contributed by atoms with Crippen molar-refractivity contribution in [3.63, 3.8) is 0 Å². The number of esters is 1. The van der Waals surface area contributed by atoms with Gasteiger partial charge in [0.15, 0.2) is 6.10 Å². The molecule has 0 aromatic heterocycles. The van der Waals surface area contributed by atoms with Gasteiger partial charge in [-0.1, -0.05) is 30.3 Å². The van der Waals surface area contributed by atoms with Gasteiger partial charge in [-0.3, -0.25) is 9.59 Å². The van der Waals surface area contributed by atoms with Gasteiger partial charge in [0.05, 0.1) is 0 Å². The molecule has 124 valence electrons. The average Bonchev–Trinajstić information content (AvgIpc) is 2.73. The number of fused-ring (bicyclic) bond motifs is 1. The number of rotatable bonds is 4. The summed E-state index contributed by atoms with van der Waals surface area (Å²) in [7, 11) is 0. The zero-order chi connectivity index (χ0) is 16.9. The van der Waals surface area contributed by atoms with Crippen LogP contribution in [0.25, 0.3) is 0 Å². The SMILES string of the molecule is CC(=O)OC1CCCc2cc(OCc3ccccc3)ccc2C1=O. The van der Waals surface area contributed by atoms with Crippen molar-refractivity contribution in [1.82, 2.24) is 0 Å². The summed E-state index contributed by atoms with van der Waals surface area (Å²) in [5, 5.41) is 0. The summed E-state index contributed by atoms with van der Waals surface area (Å²) in [4.78, 5) is 23.7. The minimum absolute atomic E-state index is 0.118. The Kier molecular flexibility index (Phi) is 4.94. The molecule has 1 aliphatic rings. The highest BCUT2D eigenvalue weighted by Crippen LogP contribution is 2.27. The van der Waals surface area contributed by atoms with Crippen molar-refractivity contribution >= 4 is 11.8 Å². The zero-order valence-electron chi connectivity index (χ0n) is 13.7. The molecule has 2 aromatic carbocycles. The fourth-order valence-corrected chi connectivity index (χ4v) is 2.94. The Hall–Kier alpha value is -2.62. The lowest BCUT2D eigenvalue weighted by Crippen LogP contribution is -2.25. The molecule has 4 heteroatoms. The molecule has 24 heavy (non-hydrogen) atoms. The Labute approximate surface area is 141 Å². The average molecular weight is 324 g/mol. The fraction of sp³-hybridized carbons (Fsp3) is 0.300. The second kappa shape index (κ2) is 7.30. The predicted molar refractivity (Wildman–Crippen MR) is 90.0 cm³/mol. The van der Waals surface area contributed by atoms with Gasteiger partial charge in [-0.25, -0.2) is 0 Å². The first-order valence-corrected chi connectivity index (χ1v) is 8.14. The summed E-state index contributed by atoms with van der Waals surface area (Å²) in [6.07, 6.45) is 1.48. The first-order chi connectivity index (χ1) is 11.6. The summed E-state index contributed by atoms with van der Waals surface area (Å²) < 4.78 is 11.0. The van der Waals surface area contributed by atoms with Crippen LogP contribution in [-0.2, 0) is 22.6 Å². The van der Waals surface area contributed by atoms with Crippen molar-refractivity contribution in [3.05, 3.63) is 65.2 Å². The van der Waals surface area contributed by atoms with E-state index in [9.17, 15) is 9.59 Å². The topological polar surface area (TPSA) is 52.6 Å². The highest BCUT2D eigenvalue weighted by Gasteiger charge is 2.27. The van der Waals surface area contributed by atoms with Crippen LogP contribution in [0.5, 0.6) is 5.75 Å². The molecule has 4 nitrogen and oxygen atoms in total. The van der Waals surface area contributed by atoms with E-state index in [2.05, 4.69) is 0 Å². The smallest absolute Gasteiger partial charge is 0.303 e. The molecule has 0 N–H and O–H groups in total. The van der Waals surface area contributed by atoms with E-state index in [1.54, 1.807) is 12.1 Å². The molecule has 0 spiro atoms. The monoisotopic (exact) mass is 324 g/mol. The highest BCUT2D eigenvalue weighted by molar-refractivity contribution is 6.02. The number of hydrogen-bond acceptors (Lipinski definition) is 4. The van der Waals surface area contributed by atoms with Gasteiger partial charge in [-0.15, -0.1) is 0 Å². The van der Waals surface area contributed by atoms with Gasteiger partial charge in [0.2, 0.25) is 5.78 Å². The maximum absolute atomic E-state index is 12.5. The van der Waals surface area contributed by atoms with Crippen LogP contribution >= 0.6 is 0 Å². The number of aryl methyl sites for hydroxylation is 1. The van der Waals surface area contributed by atoms with Gasteiger partial charge >= 0.3 is 5.97 Å². The quantitative estimate of drug-likeness (QED) is 0.635. The van der Waals surface area contributed by atoms with Gasteiger partial charge in [0.25, 0.3) is 0 Å². The lowest BCUT2D eigenvalue weighted by molar-refractivity contribution is -0.144. The summed E-state index contributed by atoms with van der Waals surface area (Å²) in [5.74, 6) is 0.211. The van der Waals surface area contributed by atoms with Crippen molar-refractivity contribution in [2.45, 2.75) is 38.9 Å². The van der Waals surface area contributed by atoms with Gasteiger partial charge in [-0.2, -0.15) is 0 Å². The molecule has 0 fully saturated rings. The van der Waals surface area contributed by atoms with E-state index in [-0.39, 0.29) is 5.78 Å². The number of hydrogen-bond donors (Lipinski definition) is 0. The Morgan fingerprint density at radius 1 is 1.17 bits per heavy atom. The zero-order valence-corrected chi connectivity index (χ0v) is 13.7. The molecule has 0 saturated heterocycles. The number of Topliss-reactive ketones (excluding diaryl/α,β-unsaturated/α-hetero) is 1. The summed E-state index contributed by atoms with van der Waals surface area (Å²) in [6, 6.07) is 15.4. The van der Waals surface area contributed by atoms with Crippen LogP contribution in [-0.4, -0.2) is 17.9 Å². The number of ketones is 1. The minimum Gasteiger partial charge on any atom is -0.489 e. The molecule has 1 aliphatic carbocycles. The third kappa shape index (κ3) is 3.82. The Balaban J connectivity index is 1.75. The third-order valence-electron chi connectivity index (χ3n) is 4.10. The minimum atomic E-state index is -0.667. The van der Waals surface area contributed by atoms with Crippen LogP contribution < -0.4 is 4.74 Å². The van der Waals surface area contributed by atoms with E-state index in [1.807, 2.05) is 36.4 Å². The molecule has 1 atom stereocenters. The second-order valence-electron chi connectivity index (χ2n) is 5.95. The first kappa shape index (κ1) is 16.2. The van der Waals surface area contributed by atoms with Crippen molar-refractivity contribution in [2.75, 3.05) is 0 Å². The number of carbonyl (C=O) groups excluding carboxylic acids is 2. The molecule has 0 amide bonds. The van der Waals surface area contributed by atoms with Crippen LogP contribution in [0.1, 0.15) is 41.3 Å². The fourth-order valence-electron chi connectivity index (χ4n) is 2.94. The van der Waals surface area contributed by atoms with E-state index < -0.39 is 12.1 Å². The molecule has 3 rings (SSSR count). The molecular weight excluding hydrogens is 304 g/mol. The van der Waals surface area contributed by atoms with Crippen LogP contribution in [0.4, 0.5) is 0 Å². The lowest BCUT2D eigenvalue weighted by Gasteiger charge is -2.14. The largest absolute Gasteiger partial charge is 0.489 e. The normalized spacial score (nSPS) is 16.9. The molecule has 0 saturated carbocycles. The predicted octanol–water partition coefficient (Wildman–Crippen LogP) is 3.72. The van der Waals surface area contributed by atoms with E-state index >= 15 is 0 Å². The first-order valence-electron chi connectivity index (χ1n) is 8.14. The maximum atomic E-state index is 12.5. The van der Waals surface area contributed by atoms with E-state index in [0.717, 1.165) is 29.7 Å². The maximum Gasteiger partial charge on any atom is 0.303 e.